The van der Waals surface area contributed by atoms with Gasteiger partial charge in [0.05, 0.1) is 0 Å². The van der Waals surface area contributed by atoms with Crippen molar-refractivity contribution in [3.63, 3.8) is 0 Å². The highest BCUT2D eigenvalue weighted by Gasteiger charge is 2.35. The molecule has 0 bridgehead atoms. The van der Waals surface area contributed by atoms with E-state index in [-0.39, 0.29) is 35.5 Å². The molecule has 3 aliphatic rings. The smallest absolute Gasteiger partial charge is 0.230 e. The molecular weight excluding hydrogens is 498 g/mol. The number of rotatable bonds is 7. The Hall–Kier alpha value is -2.37. The van der Waals surface area contributed by atoms with Crippen LogP contribution in [0.4, 0.5) is 17.1 Å². The van der Waals surface area contributed by atoms with Gasteiger partial charge in [-0.15, -0.1) is 0 Å². The minimum atomic E-state index is -0.447. The van der Waals surface area contributed by atoms with E-state index in [4.69, 9.17) is 0 Å². The lowest BCUT2D eigenvalue weighted by Gasteiger charge is -2.39. The van der Waals surface area contributed by atoms with Gasteiger partial charge >= 0.3 is 0 Å². The second-order valence-corrected chi connectivity index (χ2v) is 14.1. The molecule has 6 heteroatoms. The Balaban J connectivity index is 1.61. The highest BCUT2D eigenvalue weighted by atomic mass is 16.2. The van der Waals surface area contributed by atoms with E-state index in [1.807, 2.05) is 23.1 Å². The van der Waals surface area contributed by atoms with Gasteiger partial charge in [0.2, 0.25) is 17.7 Å². The molecular formula is C34H53N3O3. The zero-order valence-electron chi connectivity index (χ0n) is 25.7. The molecule has 3 saturated carbocycles. The van der Waals surface area contributed by atoms with Crippen LogP contribution in [0.3, 0.4) is 0 Å². The summed E-state index contributed by atoms with van der Waals surface area (Å²) in [6, 6.07) is 5.73. The molecule has 4 rings (SSSR count). The van der Waals surface area contributed by atoms with Crippen LogP contribution in [-0.4, -0.2) is 23.3 Å². The predicted octanol–water partition coefficient (Wildman–Crippen LogP) is 8.32. The molecule has 3 amide bonds. The fraction of sp³-hybridized carbons (Fsp3) is 0.735. The molecule has 222 valence electrons. The maximum absolute atomic E-state index is 13.9. The summed E-state index contributed by atoms with van der Waals surface area (Å²) >= 11 is 0. The molecule has 3 fully saturated rings. The van der Waals surface area contributed by atoms with Gasteiger partial charge < -0.3 is 15.5 Å². The highest BCUT2D eigenvalue weighted by molar-refractivity contribution is 6.01. The van der Waals surface area contributed by atoms with Crippen molar-refractivity contribution in [3.8, 4) is 0 Å². The molecule has 0 aromatic heterocycles. The van der Waals surface area contributed by atoms with Crippen LogP contribution in [0.5, 0.6) is 0 Å². The fourth-order valence-corrected chi connectivity index (χ4v) is 7.16. The quantitative estimate of drug-likeness (QED) is 0.358. The van der Waals surface area contributed by atoms with Gasteiger partial charge in [0, 0.05) is 40.4 Å². The Labute approximate surface area is 242 Å². The van der Waals surface area contributed by atoms with Crippen molar-refractivity contribution < 1.29 is 14.4 Å². The lowest BCUT2D eigenvalue weighted by Crippen LogP contribution is -2.49. The SMILES string of the molecule is CC(C)[C@H]1CC[C@@H](C(=O)Nc2cc(NC(=O)C3CCCCC3)cc(N(C(=O)C3CCCCC3)C(C)(C)C)c2)CC1. The van der Waals surface area contributed by atoms with Crippen LogP contribution in [0.15, 0.2) is 18.2 Å². The third kappa shape index (κ3) is 7.88. The van der Waals surface area contributed by atoms with E-state index in [1.165, 1.54) is 12.8 Å². The molecule has 0 unspecified atom stereocenters. The lowest BCUT2D eigenvalue weighted by atomic mass is 9.76. The number of amides is 3. The third-order valence-corrected chi connectivity index (χ3v) is 9.62. The first-order chi connectivity index (χ1) is 19.0. The van der Waals surface area contributed by atoms with Gasteiger partial charge in [-0.2, -0.15) is 0 Å². The van der Waals surface area contributed by atoms with Gasteiger partial charge in [0.1, 0.15) is 0 Å². The van der Waals surface area contributed by atoms with Crippen LogP contribution in [0.25, 0.3) is 0 Å². The number of hydrogen-bond acceptors (Lipinski definition) is 3. The first-order valence-electron chi connectivity index (χ1n) is 16.1. The minimum absolute atomic E-state index is 0.00141. The summed E-state index contributed by atoms with van der Waals surface area (Å²) < 4.78 is 0. The number of carbonyl (C=O) groups is 3. The summed E-state index contributed by atoms with van der Waals surface area (Å²) in [7, 11) is 0. The van der Waals surface area contributed by atoms with Crippen molar-refractivity contribution in [3.05, 3.63) is 18.2 Å². The molecule has 1 aromatic rings. The molecule has 6 nitrogen and oxygen atoms in total. The molecule has 3 aliphatic carbocycles. The van der Waals surface area contributed by atoms with Crippen LogP contribution in [-0.2, 0) is 14.4 Å². The normalized spacial score (nSPS) is 23.1. The summed E-state index contributed by atoms with van der Waals surface area (Å²) in [6.45, 7) is 10.7. The van der Waals surface area contributed by atoms with Crippen molar-refractivity contribution >= 4 is 34.8 Å². The first kappa shape index (κ1) is 30.6. The fourth-order valence-electron chi connectivity index (χ4n) is 7.16. The summed E-state index contributed by atoms with van der Waals surface area (Å²) in [6.07, 6.45) is 14.4. The molecule has 2 N–H and O–H groups in total. The van der Waals surface area contributed by atoms with Crippen LogP contribution >= 0.6 is 0 Å². The number of nitrogens with zero attached hydrogens (tertiary/aromatic N) is 1. The van der Waals surface area contributed by atoms with Crippen LogP contribution in [0.2, 0.25) is 0 Å². The minimum Gasteiger partial charge on any atom is -0.326 e. The first-order valence-corrected chi connectivity index (χ1v) is 16.1. The maximum atomic E-state index is 13.9. The molecule has 0 spiro atoms. The van der Waals surface area contributed by atoms with Crippen LogP contribution in [0.1, 0.15) is 125 Å². The summed E-state index contributed by atoms with van der Waals surface area (Å²) in [5.74, 6) is 1.62. The van der Waals surface area contributed by atoms with E-state index in [0.29, 0.717) is 23.2 Å². The topological polar surface area (TPSA) is 78.5 Å². The Kier molecular flexibility index (Phi) is 10.3. The zero-order valence-corrected chi connectivity index (χ0v) is 25.7. The van der Waals surface area contributed by atoms with E-state index in [0.717, 1.165) is 82.7 Å². The molecule has 1 aromatic carbocycles. The molecule has 0 aliphatic heterocycles. The highest BCUT2D eigenvalue weighted by Crippen LogP contribution is 2.37. The van der Waals surface area contributed by atoms with E-state index in [9.17, 15) is 14.4 Å². The second-order valence-electron chi connectivity index (χ2n) is 14.1. The van der Waals surface area contributed by atoms with E-state index in [2.05, 4.69) is 45.3 Å². The molecule has 0 heterocycles. The Bertz CT molecular complexity index is 1020. The molecule has 0 atom stereocenters. The molecule has 40 heavy (non-hydrogen) atoms. The lowest BCUT2D eigenvalue weighted by molar-refractivity contribution is -0.124. The number of carbonyl (C=O) groups excluding carboxylic acids is 3. The monoisotopic (exact) mass is 551 g/mol. The van der Waals surface area contributed by atoms with E-state index < -0.39 is 5.54 Å². The van der Waals surface area contributed by atoms with Crippen LogP contribution < -0.4 is 15.5 Å². The Morgan fingerprint density at radius 1 is 0.675 bits per heavy atom. The second kappa shape index (κ2) is 13.5. The van der Waals surface area contributed by atoms with Gasteiger partial charge in [-0.3, -0.25) is 14.4 Å². The number of nitrogens with one attached hydrogen (secondary N) is 2. The Morgan fingerprint density at radius 3 is 1.57 bits per heavy atom. The standard InChI is InChI=1S/C34H53N3O3/c1-23(2)24-16-18-26(19-17-24)32(39)36-29-20-28(35-31(38)25-12-8-6-9-13-25)21-30(22-29)37(34(3,4)5)33(40)27-14-10-7-11-15-27/h20-27H,6-19H2,1-5H3,(H,35,38)(H,36,39)/t24-,26+. The summed E-state index contributed by atoms with van der Waals surface area (Å²) in [5, 5.41) is 6.35. The van der Waals surface area contributed by atoms with E-state index in [1.54, 1.807) is 0 Å². The van der Waals surface area contributed by atoms with Gasteiger partial charge in [0.25, 0.3) is 0 Å². The number of anilines is 3. The largest absolute Gasteiger partial charge is 0.326 e. The van der Waals surface area contributed by atoms with Crippen LogP contribution in [0, 0.1) is 29.6 Å². The number of benzene rings is 1. The van der Waals surface area contributed by atoms with Gasteiger partial charge in [-0.05, 0) is 102 Å². The maximum Gasteiger partial charge on any atom is 0.230 e. The molecule has 0 radical (unpaired) electrons. The zero-order chi connectivity index (χ0) is 28.9. The molecule has 0 saturated heterocycles. The van der Waals surface area contributed by atoms with E-state index >= 15 is 0 Å². The summed E-state index contributed by atoms with van der Waals surface area (Å²) in [5.41, 5.74) is 1.59. The van der Waals surface area contributed by atoms with Gasteiger partial charge in [-0.25, -0.2) is 0 Å². The van der Waals surface area contributed by atoms with Crippen molar-refractivity contribution in [2.24, 2.45) is 29.6 Å². The average Bonchev–Trinajstić information content (AvgIpc) is 2.93. The summed E-state index contributed by atoms with van der Waals surface area (Å²) in [4.78, 5) is 42.5. The predicted molar refractivity (Wildman–Crippen MR) is 164 cm³/mol. The third-order valence-electron chi connectivity index (χ3n) is 9.62. The number of hydrogen-bond donors (Lipinski definition) is 2. The van der Waals surface area contributed by atoms with Gasteiger partial charge in [-0.1, -0.05) is 52.4 Å². The Morgan fingerprint density at radius 2 is 1.12 bits per heavy atom. The van der Waals surface area contributed by atoms with Crippen molar-refractivity contribution in [2.75, 3.05) is 15.5 Å². The van der Waals surface area contributed by atoms with Gasteiger partial charge in [0.15, 0.2) is 0 Å². The average molecular weight is 552 g/mol. The van der Waals surface area contributed by atoms with Crippen molar-refractivity contribution in [1.82, 2.24) is 0 Å². The van der Waals surface area contributed by atoms with Crippen molar-refractivity contribution in [1.29, 1.82) is 0 Å². The van der Waals surface area contributed by atoms with Crippen molar-refractivity contribution in [2.45, 2.75) is 130 Å².